The van der Waals surface area contributed by atoms with Crippen LogP contribution < -0.4 is 0 Å². The average Bonchev–Trinajstić information content (AvgIpc) is 2.93. The van der Waals surface area contributed by atoms with Crippen molar-refractivity contribution in [3.8, 4) is 0 Å². The second kappa shape index (κ2) is 11.6. The molecule has 200 valence electrons. The highest BCUT2D eigenvalue weighted by Crippen LogP contribution is 2.32. The average molecular weight is 535 g/mol. The van der Waals surface area contributed by atoms with Gasteiger partial charge in [-0.1, -0.05) is 43.7 Å². The van der Waals surface area contributed by atoms with Crippen LogP contribution in [0.5, 0.6) is 0 Å². The smallest absolute Gasteiger partial charge is 0.254 e. The number of allylic oxidation sites excluding steroid dienone is 1. The van der Waals surface area contributed by atoms with E-state index in [1.54, 1.807) is 11.6 Å². The molecule has 2 saturated heterocycles. The van der Waals surface area contributed by atoms with Gasteiger partial charge >= 0.3 is 0 Å². The number of amides is 1. The van der Waals surface area contributed by atoms with Crippen LogP contribution in [0.4, 0.5) is 8.78 Å². The number of likely N-dealkylation sites (tertiary alicyclic amines) is 2. The van der Waals surface area contributed by atoms with E-state index in [1.807, 2.05) is 16.7 Å². The molecule has 0 bridgehead atoms. The maximum absolute atomic E-state index is 14.2. The highest BCUT2D eigenvalue weighted by molar-refractivity contribution is 7.99. The third-order valence-electron chi connectivity index (χ3n) is 8.03. The number of carbonyl (C=O) groups is 1. The molecule has 0 aromatic heterocycles. The van der Waals surface area contributed by atoms with Crippen LogP contribution in [0.15, 0.2) is 65.1 Å². The van der Waals surface area contributed by atoms with Crippen molar-refractivity contribution in [2.24, 2.45) is 0 Å². The number of fused-ring (bicyclic) bond motifs is 1. The van der Waals surface area contributed by atoms with Gasteiger partial charge in [0.2, 0.25) is 0 Å². The van der Waals surface area contributed by atoms with Crippen LogP contribution in [-0.2, 0) is 0 Å². The molecule has 2 aliphatic rings. The van der Waals surface area contributed by atoms with E-state index in [-0.39, 0.29) is 11.3 Å². The van der Waals surface area contributed by atoms with Crippen molar-refractivity contribution >= 4 is 34.0 Å². The number of halogens is 2. The third kappa shape index (κ3) is 5.67. The molecular formula is C32H36F2N2OS. The molecular weight excluding hydrogens is 498 g/mol. The molecule has 1 amide bonds. The predicted octanol–water partition coefficient (Wildman–Crippen LogP) is 7.79. The standard InChI is InChI=1S/C32H36F2N2OS/c1-21(2)38-26-9-7-23(8-10-26)22(3)24-13-17-35(18-14-24)25-15-19-36(20-16-25)32(37)28-11-12-30(34)31-27(28)5-4-6-29(31)33/h4-12,21,25H,13-20H2,1-3H3. The second-order valence-electron chi connectivity index (χ2n) is 10.7. The molecule has 3 aromatic rings. The van der Waals surface area contributed by atoms with Gasteiger partial charge in [-0.05, 0) is 74.1 Å². The first-order chi connectivity index (χ1) is 18.3. The Morgan fingerprint density at radius 2 is 1.55 bits per heavy atom. The summed E-state index contributed by atoms with van der Waals surface area (Å²) in [7, 11) is 0. The van der Waals surface area contributed by atoms with Crippen LogP contribution in [0.25, 0.3) is 16.3 Å². The van der Waals surface area contributed by atoms with Crippen LogP contribution in [0.3, 0.4) is 0 Å². The van der Waals surface area contributed by atoms with Gasteiger partial charge in [0.1, 0.15) is 11.6 Å². The van der Waals surface area contributed by atoms with Gasteiger partial charge < -0.3 is 4.90 Å². The first kappa shape index (κ1) is 26.9. The third-order valence-corrected chi connectivity index (χ3v) is 9.04. The molecule has 38 heavy (non-hydrogen) atoms. The number of nitrogens with zero attached hydrogens (tertiary/aromatic N) is 2. The molecule has 0 radical (unpaired) electrons. The van der Waals surface area contributed by atoms with E-state index >= 15 is 0 Å². The topological polar surface area (TPSA) is 23.6 Å². The van der Waals surface area contributed by atoms with E-state index in [4.69, 9.17) is 0 Å². The molecule has 0 aliphatic carbocycles. The summed E-state index contributed by atoms with van der Waals surface area (Å²) in [5, 5.41) is 0.823. The van der Waals surface area contributed by atoms with Crippen molar-refractivity contribution in [1.82, 2.24) is 9.80 Å². The zero-order valence-electron chi connectivity index (χ0n) is 22.5. The fourth-order valence-corrected chi connectivity index (χ4v) is 6.74. The predicted molar refractivity (Wildman–Crippen MR) is 154 cm³/mol. The second-order valence-corrected chi connectivity index (χ2v) is 12.4. The Balaban J connectivity index is 1.18. The van der Waals surface area contributed by atoms with Crippen molar-refractivity contribution in [1.29, 1.82) is 0 Å². The van der Waals surface area contributed by atoms with Crippen LogP contribution in [0, 0.1) is 11.6 Å². The molecule has 0 saturated carbocycles. The summed E-state index contributed by atoms with van der Waals surface area (Å²) >= 11 is 1.90. The first-order valence-corrected chi connectivity index (χ1v) is 14.6. The largest absolute Gasteiger partial charge is 0.339 e. The number of thioether (sulfide) groups is 1. The number of benzene rings is 3. The number of rotatable bonds is 5. The van der Waals surface area contributed by atoms with Crippen molar-refractivity contribution in [2.75, 3.05) is 26.2 Å². The number of hydrogen-bond acceptors (Lipinski definition) is 3. The molecule has 0 N–H and O–H groups in total. The van der Waals surface area contributed by atoms with Gasteiger partial charge in [0.15, 0.2) is 0 Å². The SMILES string of the molecule is CC(=C1CCN(C2CCN(C(=O)c3ccc(F)c4c(F)cccc34)CC2)CC1)c1ccc(SC(C)C)cc1. The van der Waals surface area contributed by atoms with Crippen molar-refractivity contribution in [3.63, 3.8) is 0 Å². The fraction of sp³-hybridized carbons (Fsp3) is 0.406. The summed E-state index contributed by atoms with van der Waals surface area (Å²) in [4.78, 5) is 19.1. The van der Waals surface area contributed by atoms with E-state index in [9.17, 15) is 13.6 Å². The lowest BCUT2D eigenvalue weighted by atomic mass is 9.92. The highest BCUT2D eigenvalue weighted by Gasteiger charge is 2.30. The molecule has 3 aromatic carbocycles. The van der Waals surface area contributed by atoms with Crippen molar-refractivity contribution in [3.05, 3.63) is 82.9 Å². The molecule has 2 heterocycles. The van der Waals surface area contributed by atoms with Crippen LogP contribution in [-0.4, -0.2) is 53.2 Å². The molecule has 0 atom stereocenters. The van der Waals surface area contributed by atoms with Gasteiger partial charge in [0, 0.05) is 53.3 Å². The summed E-state index contributed by atoms with van der Waals surface area (Å²) in [6, 6.07) is 16.5. The lowest BCUT2D eigenvalue weighted by Crippen LogP contribution is -2.48. The van der Waals surface area contributed by atoms with E-state index in [0.717, 1.165) is 38.8 Å². The number of carbonyl (C=O) groups excluding carboxylic acids is 1. The zero-order chi connectivity index (χ0) is 26.8. The molecule has 6 heteroatoms. The number of hydrogen-bond donors (Lipinski definition) is 0. The van der Waals surface area contributed by atoms with Gasteiger partial charge in [-0.25, -0.2) is 8.78 Å². The Bertz CT molecular complexity index is 1330. The molecule has 0 unspecified atom stereocenters. The first-order valence-electron chi connectivity index (χ1n) is 13.7. The molecule has 0 spiro atoms. The number of piperidine rings is 2. The minimum absolute atomic E-state index is 0.105. The molecule has 5 rings (SSSR count). The van der Waals surface area contributed by atoms with Gasteiger partial charge in [-0.3, -0.25) is 9.69 Å². The summed E-state index contributed by atoms with van der Waals surface area (Å²) in [5.74, 6) is -1.41. The lowest BCUT2D eigenvalue weighted by Gasteiger charge is -2.41. The lowest BCUT2D eigenvalue weighted by molar-refractivity contribution is 0.0610. The summed E-state index contributed by atoms with van der Waals surface area (Å²) in [5.41, 5.74) is 4.66. The maximum Gasteiger partial charge on any atom is 0.254 e. The van der Waals surface area contributed by atoms with Crippen molar-refractivity contribution < 1.29 is 13.6 Å². The van der Waals surface area contributed by atoms with Crippen LogP contribution in [0.2, 0.25) is 0 Å². The molecule has 3 nitrogen and oxygen atoms in total. The maximum atomic E-state index is 14.2. The van der Waals surface area contributed by atoms with E-state index in [0.29, 0.717) is 35.3 Å². The Kier molecular flexibility index (Phi) is 8.20. The Morgan fingerprint density at radius 3 is 2.21 bits per heavy atom. The van der Waals surface area contributed by atoms with E-state index in [2.05, 4.69) is 49.9 Å². The van der Waals surface area contributed by atoms with Crippen LogP contribution in [0.1, 0.15) is 62.4 Å². The minimum Gasteiger partial charge on any atom is -0.339 e. The van der Waals surface area contributed by atoms with Gasteiger partial charge in [0.05, 0.1) is 5.39 Å². The molecule has 2 fully saturated rings. The normalized spacial score (nSPS) is 17.4. The summed E-state index contributed by atoms with van der Waals surface area (Å²) < 4.78 is 28.5. The van der Waals surface area contributed by atoms with E-state index < -0.39 is 11.6 Å². The fourth-order valence-electron chi connectivity index (χ4n) is 5.91. The monoisotopic (exact) mass is 534 g/mol. The Labute approximate surface area is 228 Å². The zero-order valence-corrected chi connectivity index (χ0v) is 23.3. The van der Waals surface area contributed by atoms with Crippen LogP contribution >= 0.6 is 11.8 Å². The quantitative estimate of drug-likeness (QED) is 0.312. The Morgan fingerprint density at radius 1 is 0.895 bits per heavy atom. The van der Waals surface area contributed by atoms with Gasteiger partial charge in [0.25, 0.3) is 5.91 Å². The Hall–Kier alpha value is -2.70. The summed E-state index contributed by atoms with van der Waals surface area (Å²) in [6.45, 7) is 10.1. The summed E-state index contributed by atoms with van der Waals surface area (Å²) in [6.07, 6.45) is 4.01. The molecule has 2 aliphatic heterocycles. The highest BCUT2D eigenvalue weighted by atomic mass is 32.2. The van der Waals surface area contributed by atoms with Gasteiger partial charge in [-0.2, -0.15) is 0 Å². The minimum atomic E-state index is -0.635. The van der Waals surface area contributed by atoms with E-state index in [1.165, 1.54) is 40.3 Å². The van der Waals surface area contributed by atoms with Gasteiger partial charge in [-0.15, -0.1) is 11.8 Å². The van der Waals surface area contributed by atoms with Crippen molar-refractivity contribution in [2.45, 2.75) is 62.6 Å².